The van der Waals surface area contributed by atoms with E-state index in [9.17, 15) is 9.59 Å². The highest BCUT2D eigenvalue weighted by molar-refractivity contribution is 6.07. The van der Waals surface area contributed by atoms with Gasteiger partial charge in [-0.15, -0.1) is 6.58 Å². The molecule has 1 aliphatic heterocycles. The van der Waals surface area contributed by atoms with Crippen molar-refractivity contribution in [1.29, 1.82) is 0 Å². The molecule has 5 heteroatoms. The third kappa shape index (κ3) is 3.85. The van der Waals surface area contributed by atoms with Gasteiger partial charge in [-0.3, -0.25) is 19.4 Å². The number of carbonyl (C=O) groups is 2. The van der Waals surface area contributed by atoms with E-state index in [1.807, 2.05) is 37.3 Å². The highest BCUT2D eigenvalue weighted by atomic mass is 16.5. The van der Waals surface area contributed by atoms with Gasteiger partial charge >= 0.3 is 0 Å². The van der Waals surface area contributed by atoms with Crippen LogP contribution < -0.4 is 4.74 Å². The van der Waals surface area contributed by atoms with Crippen molar-refractivity contribution >= 4 is 11.8 Å². The molecule has 2 amide bonds. The van der Waals surface area contributed by atoms with E-state index in [1.54, 1.807) is 37.5 Å². The molecule has 0 radical (unpaired) electrons. The van der Waals surface area contributed by atoms with E-state index in [-0.39, 0.29) is 11.8 Å². The van der Waals surface area contributed by atoms with Crippen molar-refractivity contribution in [3.05, 3.63) is 78.4 Å². The molecule has 3 rings (SSSR count). The predicted molar refractivity (Wildman–Crippen MR) is 109 cm³/mol. The van der Waals surface area contributed by atoms with Crippen molar-refractivity contribution in [2.75, 3.05) is 20.2 Å². The van der Waals surface area contributed by atoms with E-state index in [4.69, 9.17) is 4.74 Å². The molecule has 2 aromatic rings. The van der Waals surface area contributed by atoms with E-state index >= 15 is 0 Å². The normalized spacial score (nSPS) is 20.1. The maximum Gasteiger partial charge on any atom is 0.260 e. The lowest BCUT2D eigenvalue weighted by Gasteiger charge is -2.46. The molecule has 1 heterocycles. The number of carbonyl (C=O) groups excluding carboxylic acids is 2. The van der Waals surface area contributed by atoms with Gasteiger partial charge in [0.15, 0.2) is 0 Å². The molecule has 1 aliphatic rings. The molecular weight excluding hydrogens is 352 g/mol. The van der Waals surface area contributed by atoms with Crippen molar-refractivity contribution in [2.45, 2.75) is 25.4 Å². The summed E-state index contributed by atoms with van der Waals surface area (Å²) < 4.78 is 5.14. The predicted octanol–water partition coefficient (Wildman–Crippen LogP) is 3.51. The Morgan fingerprint density at radius 2 is 1.82 bits per heavy atom. The molecular formula is C23H26N2O3. The Morgan fingerprint density at radius 3 is 2.43 bits per heavy atom. The van der Waals surface area contributed by atoms with Gasteiger partial charge in [-0.2, -0.15) is 0 Å². The summed E-state index contributed by atoms with van der Waals surface area (Å²) in [5.74, 6) is 0.213. The standard InChI is InChI=1S/C23H26N2O3/c1-4-14-23(2)22(27)25(21(26)19-10-12-20(28-3)13-11-19)16-15-24(23)17-18-8-6-5-7-9-18/h4-13H,1,14-17H2,2-3H3. The summed E-state index contributed by atoms with van der Waals surface area (Å²) in [6, 6.07) is 16.9. The lowest BCUT2D eigenvalue weighted by Crippen LogP contribution is -2.65. The van der Waals surface area contributed by atoms with Crippen LogP contribution in [0.15, 0.2) is 67.3 Å². The molecule has 2 aromatic carbocycles. The second-order valence-corrected chi connectivity index (χ2v) is 7.16. The first-order chi connectivity index (χ1) is 13.5. The SMILES string of the molecule is C=CCC1(C)C(=O)N(C(=O)c2ccc(OC)cc2)CCN1Cc1ccccc1. The number of hydrogen-bond acceptors (Lipinski definition) is 4. The summed E-state index contributed by atoms with van der Waals surface area (Å²) in [6.45, 7) is 7.36. The zero-order chi connectivity index (χ0) is 20.1. The summed E-state index contributed by atoms with van der Waals surface area (Å²) in [5, 5.41) is 0. The van der Waals surface area contributed by atoms with Crippen molar-refractivity contribution in [3.8, 4) is 5.75 Å². The first-order valence-corrected chi connectivity index (χ1v) is 9.40. The highest BCUT2D eigenvalue weighted by Gasteiger charge is 2.46. The van der Waals surface area contributed by atoms with Gasteiger partial charge in [0, 0.05) is 25.2 Å². The fraction of sp³-hybridized carbons (Fsp3) is 0.304. The minimum atomic E-state index is -0.808. The summed E-state index contributed by atoms with van der Waals surface area (Å²) in [7, 11) is 1.58. The highest BCUT2D eigenvalue weighted by Crippen LogP contribution is 2.30. The Morgan fingerprint density at radius 1 is 1.14 bits per heavy atom. The summed E-state index contributed by atoms with van der Waals surface area (Å²) in [4.78, 5) is 29.9. The lowest BCUT2D eigenvalue weighted by molar-refractivity contribution is -0.147. The van der Waals surface area contributed by atoms with Crippen LogP contribution in [0.3, 0.4) is 0 Å². The van der Waals surface area contributed by atoms with Crippen LogP contribution in [0.5, 0.6) is 5.75 Å². The number of nitrogens with zero attached hydrogens (tertiary/aromatic N) is 2. The van der Waals surface area contributed by atoms with Gasteiger partial charge in [-0.1, -0.05) is 36.4 Å². The zero-order valence-electron chi connectivity index (χ0n) is 16.4. The monoisotopic (exact) mass is 378 g/mol. The third-order valence-electron chi connectivity index (χ3n) is 5.34. The van der Waals surface area contributed by atoms with E-state index in [0.29, 0.717) is 37.4 Å². The number of amides is 2. The number of piperazine rings is 1. The number of hydrogen-bond donors (Lipinski definition) is 0. The maximum atomic E-state index is 13.4. The third-order valence-corrected chi connectivity index (χ3v) is 5.34. The van der Waals surface area contributed by atoms with Crippen molar-refractivity contribution in [2.24, 2.45) is 0 Å². The van der Waals surface area contributed by atoms with Gasteiger partial charge in [0.2, 0.25) is 5.91 Å². The Hall–Kier alpha value is -2.92. The van der Waals surface area contributed by atoms with Gasteiger partial charge in [-0.25, -0.2) is 0 Å². The van der Waals surface area contributed by atoms with Crippen molar-refractivity contribution < 1.29 is 14.3 Å². The molecule has 146 valence electrons. The molecule has 0 N–H and O–H groups in total. The molecule has 1 atom stereocenters. The number of imide groups is 1. The number of rotatable bonds is 6. The van der Waals surface area contributed by atoms with Crippen LogP contribution >= 0.6 is 0 Å². The van der Waals surface area contributed by atoms with Crippen LogP contribution in [-0.4, -0.2) is 47.4 Å². The topological polar surface area (TPSA) is 49.9 Å². The Kier molecular flexibility index (Phi) is 5.95. The Balaban J connectivity index is 1.83. The Labute approximate surface area is 166 Å². The molecule has 0 spiro atoms. The van der Waals surface area contributed by atoms with E-state index < -0.39 is 5.54 Å². The molecule has 1 unspecified atom stereocenters. The minimum absolute atomic E-state index is 0.185. The number of ether oxygens (including phenoxy) is 1. The summed E-state index contributed by atoms with van der Waals surface area (Å²) in [5.41, 5.74) is 0.810. The zero-order valence-corrected chi connectivity index (χ0v) is 16.4. The molecule has 0 aromatic heterocycles. The molecule has 0 aliphatic carbocycles. The van der Waals surface area contributed by atoms with Gasteiger partial charge in [0.25, 0.3) is 5.91 Å². The second kappa shape index (κ2) is 8.40. The van der Waals surface area contributed by atoms with Crippen LogP contribution in [0, 0.1) is 0 Å². The first kappa shape index (κ1) is 19.8. The largest absolute Gasteiger partial charge is 0.497 e. The minimum Gasteiger partial charge on any atom is -0.497 e. The van der Waals surface area contributed by atoms with E-state index in [0.717, 1.165) is 5.56 Å². The van der Waals surface area contributed by atoms with Crippen LogP contribution in [0.2, 0.25) is 0 Å². The smallest absolute Gasteiger partial charge is 0.260 e. The summed E-state index contributed by atoms with van der Waals surface area (Å²) >= 11 is 0. The summed E-state index contributed by atoms with van der Waals surface area (Å²) in [6.07, 6.45) is 2.22. The van der Waals surface area contributed by atoms with E-state index in [2.05, 4.69) is 11.5 Å². The quantitative estimate of drug-likeness (QED) is 0.570. The van der Waals surface area contributed by atoms with Crippen LogP contribution in [0.1, 0.15) is 29.3 Å². The van der Waals surface area contributed by atoms with E-state index in [1.165, 1.54) is 4.90 Å². The number of benzene rings is 2. The fourth-order valence-corrected chi connectivity index (χ4v) is 3.63. The van der Waals surface area contributed by atoms with Crippen LogP contribution in [-0.2, 0) is 11.3 Å². The second-order valence-electron chi connectivity index (χ2n) is 7.16. The fourth-order valence-electron chi connectivity index (χ4n) is 3.63. The average Bonchev–Trinajstić information content (AvgIpc) is 2.72. The van der Waals surface area contributed by atoms with Crippen LogP contribution in [0.4, 0.5) is 0 Å². The molecule has 28 heavy (non-hydrogen) atoms. The molecule has 5 nitrogen and oxygen atoms in total. The lowest BCUT2D eigenvalue weighted by atomic mass is 9.90. The molecule has 1 fully saturated rings. The maximum absolute atomic E-state index is 13.4. The molecule has 0 saturated carbocycles. The van der Waals surface area contributed by atoms with Gasteiger partial charge in [0.1, 0.15) is 11.3 Å². The average molecular weight is 378 g/mol. The van der Waals surface area contributed by atoms with Gasteiger partial charge in [0.05, 0.1) is 7.11 Å². The van der Waals surface area contributed by atoms with Gasteiger partial charge in [-0.05, 0) is 43.2 Å². The number of methoxy groups -OCH3 is 1. The molecule has 1 saturated heterocycles. The van der Waals surface area contributed by atoms with Crippen LogP contribution in [0.25, 0.3) is 0 Å². The Bertz CT molecular complexity index is 848. The first-order valence-electron chi connectivity index (χ1n) is 9.40. The van der Waals surface area contributed by atoms with Crippen molar-refractivity contribution in [1.82, 2.24) is 9.80 Å². The molecule has 0 bridgehead atoms. The van der Waals surface area contributed by atoms with Gasteiger partial charge < -0.3 is 4.74 Å². The van der Waals surface area contributed by atoms with Crippen molar-refractivity contribution in [3.63, 3.8) is 0 Å².